The van der Waals surface area contributed by atoms with Crippen LogP contribution in [0, 0.1) is 0 Å². The fourth-order valence-corrected chi connectivity index (χ4v) is 1.79. The Balaban J connectivity index is 2.09. The lowest BCUT2D eigenvalue weighted by Gasteiger charge is -2.22. The van der Waals surface area contributed by atoms with Gasteiger partial charge in [-0.2, -0.15) is 0 Å². The van der Waals surface area contributed by atoms with Crippen molar-refractivity contribution in [3.8, 4) is 0 Å². The van der Waals surface area contributed by atoms with Crippen molar-refractivity contribution >= 4 is 11.8 Å². The molecule has 1 aliphatic carbocycles. The van der Waals surface area contributed by atoms with Crippen molar-refractivity contribution in [2.24, 2.45) is 0 Å². The Morgan fingerprint density at radius 2 is 2.24 bits per heavy atom. The quantitative estimate of drug-likeness (QED) is 0.816. The van der Waals surface area contributed by atoms with Crippen LogP contribution in [0.1, 0.15) is 43.1 Å². The Morgan fingerprint density at radius 3 is 2.71 bits per heavy atom. The van der Waals surface area contributed by atoms with Crippen LogP contribution < -0.4 is 4.90 Å². The van der Waals surface area contributed by atoms with Crippen LogP contribution in [0.5, 0.6) is 0 Å². The summed E-state index contributed by atoms with van der Waals surface area (Å²) >= 11 is 0. The van der Waals surface area contributed by atoms with E-state index in [0.29, 0.717) is 6.04 Å². The molecule has 1 saturated carbocycles. The monoisotopic (exact) mass is 235 g/mol. The molecule has 92 valence electrons. The number of hydrogen-bond acceptors (Lipinski definition) is 4. The van der Waals surface area contributed by atoms with E-state index in [1.807, 2.05) is 0 Å². The minimum absolute atomic E-state index is 0.0000107. The Morgan fingerprint density at radius 1 is 1.47 bits per heavy atom. The van der Waals surface area contributed by atoms with Gasteiger partial charge < -0.3 is 10.0 Å². The summed E-state index contributed by atoms with van der Waals surface area (Å²) in [6.07, 6.45) is 4.67. The van der Waals surface area contributed by atoms with E-state index in [-0.39, 0.29) is 5.69 Å². The molecule has 5 nitrogen and oxygen atoms in total. The molecule has 0 radical (unpaired) electrons. The second-order valence-electron chi connectivity index (χ2n) is 4.36. The summed E-state index contributed by atoms with van der Waals surface area (Å²) in [6.45, 7) is 3.13. The van der Waals surface area contributed by atoms with Crippen LogP contribution in [0.2, 0.25) is 0 Å². The number of nitrogens with zero attached hydrogens (tertiary/aromatic N) is 3. The highest BCUT2D eigenvalue weighted by Gasteiger charge is 2.29. The summed E-state index contributed by atoms with van der Waals surface area (Å²) in [5.41, 5.74) is -0.0000107. The summed E-state index contributed by atoms with van der Waals surface area (Å²) in [6, 6.07) is 3.85. The van der Waals surface area contributed by atoms with Gasteiger partial charge >= 0.3 is 5.97 Å². The minimum Gasteiger partial charge on any atom is -0.476 e. The zero-order chi connectivity index (χ0) is 12.3. The van der Waals surface area contributed by atoms with Gasteiger partial charge in [-0.1, -0.05) is 13.3 Å². The number of carboxylic acids is 1. The van der Waals surface area contributed by atoms with Crippen LogP contribution in [0.15, 0.2) is 12.1 Å². The molecule has 2 rings (SSSR count). The van der Waals surface area contributed by atoms with Crippen molar-refractivity contribution in [2.45, 2.75) is 38.6 Å². The van der Waals surface area contributed by atoms with Gasteiger partial charge in [-0.15, -0.1) is 10.2 Å². The normalized spacial score (nSPS) is 14.6. The molecule has 0 saturated heterocycles. The van der Waals surface area contributed by atoms with E-state index in [0.717, 1.165) is 25.2 Å². The highest BCUT2D eigenvalue weighted by atomic mass is 16.4. The largest absolute Gasteiger partial charge is 0.476 e. The van der Waals surface area contributed by atoms with Crippen molar-refractivity contribution in [3.05, 3.63) is 17.8 Å². The molecule has 1 aromatic heterocycles. The van der Waals surface area contributed by atoms with Crippen molar-refractivity contribution in [2.75, 3.05) is 11.4 Å². The first-order chi connectivity index (χ1) is 8.22. The maximum absolute atomic E-state index is 10.7. The van der Waals surface area contributed by atoms with Gasteiger partial charge in [-0.05, 0) is 31.4 Å². The van der Waals surface area contributed by atoms with E-state index in [2.05, 4.69) is 22.0 Å². The number of carbonyl (C=O) groups is 1. The molecule has 1 N–H and O–H groups in total. The summed E-state index contributed by atoms with van der Waals surface area (Å²) in [4.78, 5) is 12.9. The Hall–Kier alpha value is -1.65. The molecule has 0 spiro atoms. The fourth-order valence-electron chi connectivity index (χ4n) is 1.79. The van der Waals surface area contributed by atoms with E-state index < -0.39 is 5.97 Å². The average molecular weight is 235 g/mol. The summed E-state index contributed by atoms with van der Waals surface area (Å²) in [7, 11) is 0. The zero-order valence-corrected chi connectivity index (χ0v) is 9.96. The van der Waals surface area contributed by atoms with Gasteiger partial charge in [0.05, 0.1) is 0 Å². The van der Waals surface area contributed by atoms with Crippen LogP contribution in [-0.2, 0) is 0 Å². The SMILES string of the molecule is CCCCN(c1ccc(C(=O)O)nn1)C1CC1. The maximum Gasteiger partial charge on any atom is 0.356 e. The molecule has 5 heteroatoms. The number of anilines is 1. The van der Waals surface area contributed by atoms with Gasteiger partial charge in [0.2, 0.25) is 0 Å². The molecule has 1 aliphatic rings. The van der Waals surface area contributed by atoms with Gasteiger partial charge in [-0.25, -0.2) is 4.79 Å². The van der Waals surface area contributed by atoms with E-state index in [4.69, 9.17) is 5.11 Å². The lowest BCUT2D eigenvalue weighted by atomic mass is 10.3. The first kappa shape index (κ1) is 11.8. The van der Waals surface area contributed by atoms with Crippen LogP contribution in [0.4, 0.5) is 5.82 Å². The van der Waals surface area contributed by atoms with Crippen LogP contribution in [0.25, 0.3) is 0 Å². The van der Waals surface area contributed by atoms with E-state index >= 15 is 0 Å². The Kier molecular flexibility index (Phi) is 3.56. The van der Waals surface area contributed by atoms with Gasteiger partial charge in [0.15, 0.2) is 11.5 Å². The molecule has 0 aromatic carbocycles. The molecule has 0 atom stereocenters. The predicted octanol–water partition coefficient (Wildman–Crippen LogP) is 1.94. The highest BCUT2D eigenvalue weighted by molar-refractivity contribution is 5.85. The third kappa shape index (κ3) is 2.93. The molecular weight excluding hydrogens is 218 g/mol. The molecule has 17 heavy (non-hydrogen) atoms. The lowest BCUT2D eigenvalue weighted by molar-refractivity contribution is 0.0689. The number of carboxylic acid groups (broad SMARTS) is 1. The van der Waals surface area contributed by atoms with Gasteiger partial charge in [0.1, 0.15) is 0 Å². The van der Waals surface area contributed by atoms with Crippen molar-refractivity contribution in [1.29, 1.82) is 0 Å². The van der Waals surface area contributed by atoms with E-state index in [1.54, 1.807) is 6.07 Å². The second kappa shape index (κ2) is 5.12. The van der Waals surface area contributed by atoms with Gasteiger partial charge in [-0.3, -0.25) is 0 Å². The average Bonchev–Trinajstić information content (AvgIpc) is 3.14. The molecule has 0 aliphatic heterocycles. The first-order valence-electron chi connectivity index (χ1n) is 6.06. The third-order valence-electron chi connectivity index (χ3n) is 2.90. The molecular formula is C12H17N3O2. The smallest absolute Gasteiger partial charge is 0.356 e. The zero-order valence-electron chi connectivity index (χ0n) is 9.96. The topological polar surface area (TPSA) is 66.3 Å². The number of unbranched alkanes of at least 4 members (excludes halogenated alkanes) is 1. The Bertz CT molecular complexity index is 387. The van der Waals surface area contributed by atoms with E-state index in [1.165, 1.54) is 18.9 Å². The van der Waals surface area contributed by atoms with Gasteiger partial charge in [0.25, 0.3) is 0 Å². The molecule has 1 heterocycles. The number of aromatic nitrogens is 2. The standard InChI is InChI=1S/C12H17N3O2/c1-2-3-8-15(9-4-5-9)11-7-6-10(12(16)17)13-14-11/h6-7,9H,2-5,8H2,1H3,(H,16,17). The van der Waals surface area contributed by atoms with E-state index in [9.17, 15) is 4.79 Å². The summed E-state index contributed by atoms with van der Waals surface area (Å²) in [5.74, 6) is -0.235. The molecule has 0 unspecified atom stereocenters. The summed E-state index contributed by atoms with van der Waals surface area (Å²) in [5, 5.41) is 16.5. The first-order valence-corrected chi connectivity index (χ1v) is 6.06. The second-order valence-corrected chi connectivity index (χ2v) is 4.36. The summed E-state index contributed by atoms with van der Waals surface area (Å²) < 4.78 is 0. The fraction of sp³-hybridized carbons (Fsp3) is 0.583. The number of aromatic carboxylic acids is 1. The Labute approximate surface area is 100 Å². The third-order valence-corrected chi connectivity index (χ3v) is 2.90. The molecule has 0 amide bonds. The molecule has 1 fully saturated rings. The maximum atomic E-state index is 10.7. The van der Waals surface area contributed by atoms with Crippen molar-refractivity contribution in [1.82, 2.24) is 10.2 Å². The van der Waals surface area contributed by atoms with Crippen LogP contribution in [0.3, 0.4) is 0 Å². The number of hydrogen-bond donors (Lipinski definition) is 1. The van der Waals surface area contributed by atoms with Gasteiger partial charge in [0, 0.05) is 12.6 Å². The van der Waals surface area contributed by atoms with Crippen LogP contribution in [-0.4, -0.2) is 33.9 Å². The number of rotatable bonds is 6. The lowest BCUT2D eigenvalue weighted by Crippen LogP contribution is -2.28. The minimum atomic E-state index is -1.03. The van der Waals surface area contributed by atoms with Crippen LogP contribution >= 0.6 is 0 Å². The highest BCUT2D eigenvalue weighted by Crippen LogP contribution is 2.30. The molecule has 1 aromatic rings. The van der Waals surface area contributed by atoms with Crippen molar-refractivity contribution < 1.29 is 9.90 Å². The predicted molar refractivity (Wildman–Crippen MR) is 64.3 cm³/mol. The van der Waals surface area contributed by atoms with Crippen molar-refractivity contribution in [3.63, 3.8) is 0 Å². The molecule has 0 bridgehead atoms.